The van der Waals surface area contributed by atoms with Gasteiger partial charge in [0, 0.05) is 30.3 Å². The van der Waals surface area contributed by atoms with Crippen LogP contribution in [-0.4, -0.2) is 16.9 Å². The van der Waals surface area contributed by atoms with Crippen LogP contribution in [0.5, 0.6) is 0 Å². The summed E-state index contributed by atoms with van der Waals surface area (Å²) in [6, 6.07) is 4.36. The molecule has 2 rings (SSSR count). The minimum absolute atomic E-state index is 0.156. The molecule has 1 N–H and O–H groups in total. The van der Waals surface area contributed by atoms with Gasteiger partial charge in [0.25, 0.3) is 0 Å². The number of hydrogen-bond donors (Lipinski definition) is 1. The third kappa shape index (κ3) is 2.84. The van der Waals surface area contributed by atoms with Gasteiger partial charge in [-0.3, -0.25) is 9.78 Å². The first-order chi connectivity index (χ1) is 8.06. The predicted octanol–water partition coefficient (Wildman–Crippen LogP) is 2.41. The summed E-state index contributed by atoms with van der Waals surface area (Å²) < 4.78 is 0. The second-order valence-corrected chi connectivity index (χ2v) is 5.37. The number of carbonyl (C=O) groups is 1. The van der Waals surface area contributed by atoms with Gasteiger partial charge in [-0.15, -0.1) is 0 Å². The SMILES string of the molecule is Cc1ccc(C2CC(=O)NC2CC(C)C)nc1. The highest BCUT2D eigenvalue weighted by Crippen LogP contribution is 2.30. The zero-order chi connectivity index (χ0) is 12.4. The van der Waals surface area contributed by atoms with Crippen LogP contribution in [0.25, 0.3) is 0 Å². The number of carbonyl (C=O) groups excluding carboxylic acids is 1. The van der Waals surface area contributed by atoms with Gasteiger partial charge in [0.05, 0.1) is 0 Å². The Balaban J connectivity index is 2.17. The van der Waals surface area contributed by atoms with E-state index in [2.05, 4.69) is 30.2 Å². The second-order valence-electron chi connectivity index (χ2n) is 5.37. The molecule has 3 nitrogen and oxygen atoms in total. The highest BCUT2D eigenvalue weighted by molar-refractivity contribution is 5.80. The first-order valence-electron chi connectivity index (χ1n) is 6.28. The Morgan fingerprint density at radius 2 is 2.24 bits per heavy atom. The van der Waals surface area contributed by atoms with Crippen LogP contribution in [0.15, 0.2) is 18.3 Å². The summed E-state index contributed by atoms with van der Waals surface area (Å²) in [6.07, 6.45) is 3.48. The van der Waals surface area contributed by atoms with Crippen LogP contribution in [0.4, 0.5) is 0 Å². The molecule has 0 saturated carbocycles. The van der Waals surface area contributed by atoms with E-state index in [4.69, 9.17) is 0 Å². The number of pyridine rings is 1. The normalized spacial score (nSPS) is 24.1. The zero-order valence-electron chi connectivity index (χ0n) is 10.7. The van der Waals surface area contributed by atoms with Crippen LogP contribution in [0, 0.1) is 12.8 Å². The van der Waals surface area contributed by atoms with Crippen molar-refractivity contribution in [2.45, 2.75) is 45.6 Å². The van der Waals surface area contributed by atoms with E-state index in [1.54, 1.807) is 0 Å². The quantitative estimate of drug-likeness (QED) is 0.869. The molecule has 0 radical (unpaired) electrons. The molecule has 1 aromatic heterocycles. The molecule has 1 aromatic rings. The van der Waals surface area contributed by atoms with Crippen molar-refractivity contribution < 1.29 is 4.79 Å². The first kappa shape index (κ1) is 12.1. The molecule has 1 saturated heterocycles. The molecule has 1 fully saturated rings. The number of rotatable bonds is 3. The lowest BCUT2D eigenvalue weighted by molar-refractivity contribution is -0.119. The number of nitrogens with zero attached hydrogens (tertiary/aromatic N) is 1. The van der Waals surface area contributed by atoms with E-state index in [0.717, 1.165) is 17.7 Å². The van der Waals surface area contributed by atoms with E-state index < -0.39 is 0 Å². The summed E-state index contributed by atoms with van der Waals surface area (Å²) in [5.74, 6) is 0.986. The highest BCUT2D eigenvalue weighted by atomic mass is 16.2. The molecular weight excluding hydrogens is 212 g/mol. The maximum atomic E-state index is 11.5. The Hall–Kier alpha value is -1.38. The van der Waals surface area contributed by atoms with Crippen LogP contribution in [0.2, 0.25) is 0 Å². The average molecular weight is 232 g/mol. The fraction of sp³-hybridized carbons (Fsp3) is 0.571. The lowest BCUT2D eigenvalue weighted by Gasteiger charge is -2.20. The van der Waals surface area contributed by atoms with E-state index in [1.807, 2.05) is 19.2 Å². The Kier molecular flexibility index (Phi) is 3.46. The molecule has 1 aliphatic heterocycles. The van der Waals surface area contributed by atoms with Gasteiger partial charge in [0.2, 0.25) is 5.91 Å². The summed E-state index contributed by atoms with van der Waals surface area (Å²) in [7, 11) is 0. The van der Waals surface area contributed by atoms with Crippen molar-refractivity contribution in [2.75, 3.05) is 0 Å². The van der Waals surface area contributed by atoms with Crippen LogP contribution < -0.4 is 5.32 Å². The van der Waals surface area contributed by atoms with Crippen molar-refractivity contribution in [1.29, 1.82) is 0 Å². The van der Waals surface area contributed by atoms with E-state index >= 15 is 0 Å². The molecule has 2 heterocycles. The van der Waals surface area contributed by atoms with Gasteiger partial charge in [0.1, 0.15) is 0 Å². The van der Waals surface area contributed by atoms with Crippen molar-refractivity contribution in [2.24, 2.45) is 5.92 Å². The predicted molar refractivity (Wildman–Crippen MR) is 67.7 cm³/mol. The molecule has 92 valence electrons. The van der Waals surface area contributed by atoms with Gasteiger partial charge in [-0.05, 0) is 30.9 Å². The molecule has 0 bridgehead atoms. The number of hydrogen-bond acceptors (Lipinski definition) is 2. The number of nitrogens with one attached hydrogen (secondary N) is 1. The van der Waals surface area contributed by atoms with Crippen LogP contribution in [0.3, 0.4) is 0 Å². The third-order valence-electron chi connectivity index (χ3n) is 3.28. The maximum absolute atomic E-state index is 11.5. The lowest BCUT2D eigenvalue weighted by Crippen LogP contribution is -2.29. The summed E-state index contributed by atoms with van der Waals surface area (Å²) in [4.78, 5) is 16.0. The molecule has 0 aliphatic carbocycles. The molecule has 0 aromatic carbocycles. The Morgan fingerprint density at radius 1 is 1.47 bits per heavy atom. The van der Waals surface area contributed by atoms with Gasteiger partial charge < -0.3 is 5.32 Å². The molecule has 0 spiro atoms. The monoisotopic (exact) mass is 232 g/mol. The van der Waals surface area contributed by atoms with Crippen molar-refractivity contribution in [3.05, 3.63) is 29.6 Å². The second kappa shape index (κ2) is 4.86. The number of aryl methyl sites for hydroxylation is 1. The molecule has 2 atom stereocenters. The minimum Gasteiger partial charge on any atom is -0.353 e. The molecule has 3 heteroatoms. The molecular formula is C14H20N2O. The number of aromatic nitrogens is 1. The summed E-state index contributed by atoms with van der Waals surface area (Å²) in [6.45, 7) is 6.40. The van der Waals surface area contributed by atoms with Crippen LogP contribution in [0.1, 0.15) is 43.9 Å². The maximum Gasteiger partial charge on any atom is 0.220 e. The largest absolute Gasteiger partial charge is 0.353 e. The molecule has 2 unspecified atom stereocenters. The van der Waals surface area contributed by atoms with E-state index in [1.165, 1.54) is 0 Å². The standard InChI is InChI=1S/C14H20N2O/c1-9(2)6-13-11(7-14(17)16-13)12-5-4-10(3)8-15-12/h4-5,8-9,11,13H,6-7H2,1-3H3,(H,16,17). The zero-order valence-corrected chi connectivity index (χ0v) is 10.7. The van der Waals surface area contributed by atoms with Crippen molar-refractivity contribution in [3.8, 4) is 0 Å². The average Bonchev–Trinajstić information content (AvgIpc) is 2.59. The van der Waals surface area contributed by atoms with Gasteiger partial charge >= 0.3 is 0 Å². The molecule has 17 heavy (non-hydrogen) atoms. The fourth-order valence-electron chi connectivity index (χ4n) is 2.45. The lowest BCUT2D eigenvalue weighted by atomic mass is 9.90. The topological polar surface area (TPSA) is 42.0 Å². The van der Waals surface area contributed by atoms with Crippen LogP contribution in [-0.2, 0) is 4.79 Å². The summed E-state index contributed by atoms with van der Waals surface area (Å²) in [5, 5.41) is 3.07. The third-order valence-corrected chi connectivity index (χ3v) is 3.28. The minimum atomic E-state index is 0.156. The Bertz CT molecular complexity index is 397. The van der Waals surface area contributed by atoms with Gasteiger partial charge in [-0.25, -0.2) is 0 Å². The van der Waals surface area contributed by atoms with Crippen LogP contribution >= 0.6 is 0 Å². The Morgan fingerprint density at radius 3 is 2.82 bits per heavy atom. The van der Waals surface area contributed by atoms with Crippen molar-refractivity contribution in [3.63, 3.8) is 0 Å². The first-order valence-corrected chi connectivity index (χ1v) is 6.28. The molecule has 1 amide bonds. The van der Waals surface area contributed by atoms with Crippen molar-refractivity contribution >= 4 is 5.91 Å². The fourth-order valence-corrected chi connectivity index (χ4v) is 2.45. The van der Waals surface area contributed by atoms with Gasteiger partial charge in [-0.1, -0.05) is 19.9 Å². The van der Waals surface area contributed by atoms with Gasteiger partial charge in [-0.2, -0.15) is 0 Å². The highest BCUT2D eigenvalue weighted by Gasteiger charge is 2.34. The Labute approximate surface area is 103 Å². The van der Waals surface area contributed by atoms with E-state index in [9.17, 15) is 4.79 Å². The van der Waals surface area contributed by atoms with E-state index in [-0.39, 0.29) is 17.9 Å². The van der Waals surface area contributed by atoms with E-state index in [0.29, 0.717) is 12.3 Å². The van der Waals surface area contributed by atoms with Gasteiger partial charge in [0.15, 0.2) is 0 Å². The van der Waals surface area contributed by atoms with Crippen molar-refractivity contribution in [1.82, 2.24) is 10.3 Å². The summed E-state index contributed by atoms with van der Waals surface area (Å²) in [5.41, 5.74) is 2.20. The number of amides is 1. The summed E-state index contributed by atoms with van der Waals surface area (Å²) >= 11 is 0. The molecule has 1 aliphatic rings. The smallest absolute Gasteiger partial charge is 0.220 e.